The van der Waals surface area contributed by atoms with Crippen molar-refractivity contribution in [3.05, 3.63) is 22.6 Å². The lowest BCUT2D eigenvalue weighted by atomic mass is 10.2. The summed E-state index contributed by atoms with van der Waals surface area (Å²) >= 11 is 3.32. The van der Waals surface area contributed by atoms with Crippen LogP contribution >= 0.6 is 23.1 Å². The van der Waals surface area contributed by atoms with Gasteiger partial charge in [-0.3, -0.25) is 5.10 Å². The number of thiophene rings is 1. The van der Waals surface area contributed by atoms with Gasteiger partial charge in [0.25, 0.3) is 0 Å². The van der Waals surface area contributed by atoms with Crippen LogP contribution in [0.3, 0.4) is 0 Å². The summed E-state index contributed by atoms with van der Waals surface area (Å²) in [6, 6.07) is 0. The van der Waals surface area contributed by atoms with Crippen LogP contribution in [-0.4, -0.2) is 31.8 Å². The van der Waals surface area contributed by atoms with Crippen LogP contribution < -0.4 is 0 Å². The maximum atomic E-state index is 5.65. The highest BCUT2D eigenvalue weighted by Crippen LogP contribution is 2.41. The number of nitrogens with zero attached hydrogens (tertiary/aromatic N) is 4. The van der Waals surface area contributed by atoms with Crippen molar-refractivity contribution in [2.24, 2.45) is 0 Å². The van der Waals surface area contributed by atoms with E-state index in [0.717, 1.165) is 41.6 Å². The van der Waals surface area contributed by atoms with Gasteiger partial charge in [0.1, 0.15) is 22.3 Å². The normalized spacial score (nSPS) is 20.4. The monoisotopic (exact) mass is 345 g/mol. The van der Waals surface area contributed by atoms with E-state index in [4.69, 9.17) is 4.74 Å². The molecule has 3 aromatic rings. The van der Waals surface area contributed by atoms with Gasteiger partial charge in [-0.05, 0) is 49.4 Å². The zero-order chi connectivity index (χ0) is 15.2. The number of hydrogen-bond donors (Lipinski definition) is 1. The highest BCUT2D eigenvalue weighted by molar-refractivity contribution is 7.99. The number of ether oxygens (including phenoxy) is 1. The Morgan fingerprint density at radius 2 is 2.26 bits per heavy atom. The van der Waals surface area contributed by atoms with Crippen molar-refractivity contribution in [1.82, 2.24) is 25.1 Å². The molecule has 1 unspecified atom stereocenters. The van der Waals surface area contributed by atoms with Crippen LogP contribution in [0.25, 0.3) is 10.2 Å². The van der Waals surface area contributed by atoms with Gasteiger partial charge in [0.2, 0.25) is 5.16 Å². The molecular formula is C15H15N5OS2. The minimum atomic E-state index is 0.0627. The Morgan fingerprint density at radius 3 is 3.17 bits per heavy atom. The topological polar surface area (TPSA) is 76.6 Å². The van der Waals surface area contributed by atoms with Crippen LogP contribution in [0.5, 0.6) is 0 Å². The molecule has 0 radical (unpaired) electrons. The Labute approximate surface area is 141 Å². The smallest absolute Gasteiger partial charge is 0.214 e. The molecule has 3 aromatic heterocycles. The Balaban J connectivity index is 1.49. The van der Waals surface area contributed by atoms with Crippen LogP contribution in [-0.2, 0) is 17.6 Å². The number of fused-ring (bicyclic) bond motifs is 3. The van der Waals surface area contributed by atoms with Crippen molar-refractivity contribution in [3.8, 4) is 0 Å². The Bertz CT molecular complexity index is 868. The molecule has 5 rings (SSSR count). The maximum Gasteiger partial charge on any atom is 0.214 e. The fourth-order valence-electron chi connectivity index (χ4n) is 3.30. The second-order valence-corrected chi connectivity index (χ2v) is 7.86. The number of nitrogens with one attached hydrogen (secondary N) is 1. The van der Waals surface area contributed by atoms with Gasteiger partial charge >= 0.3 is 0 Å². The van der Waals surface area contributed by atoms with E-state index in [1.807, 2.05) is 0 Å². The molecule has 118 valence electrons. The first-order valence-corrected chi connectivity index (χ1v) is 9.49. The van der Waals surface area contributed by atoms with E-state index in [-0.39, 0.29) is 6.10 Å². The van der Waals surface area contributed by atoms with E-state index >= 15 is 0 Å². The quantitative estimate of drug-likeness (QED) is 0.734. The number of rotatable bonds is 3. The van der Waals surface area contributed by atoms with Gasteiger partial charge in [-0.15, -0.1) is 16.4 Å². The van der Waals surface area contributed by atoms with Crippen molar-refractivity contribution in [2.45, 2.75) is 48.4 Å². The zero-order valence-electron chi connectivity index (χ0n) is 12.4. The van der Waals surface area contributed by atoms with Crippen LogP contribution in [0.4, 0.5) is 0 Å². The van der Waals surface area contributed by atoms with Gasteiger partial charge in [0.05, 0.1) is 0 Å². The van der Waals surface area contributed by atoms with E-state index < -0.39 is 0 Å². The summed E-state index contributed by atoms with van der Waals surface area (Å²) < 4.78 is 5.65. The number of H-pyrrole nitrogens is 1. The largest absolute Gasteiger partial charge is 0.370 e. The standard InChI is InChI=1S/C15H15N5OS2/c1-3-8-10(5-1)22-13-11(8)14(17-7-16-13)23-15-18-12(19-20-15)9-4-2-6-21-9/h7,9H,1-6H2,(H,18,19,20). The Kier molecular flexibility index (Phi) is 3.34. The minimum Gasteiger partial charge on any atom is -0.370 e. The molecule has 1 aliphatic carbocycles. The summed E-state index contributed by atoms with van der Waals surface area (Å²) in [7, 11) is 0. The molecule has 0 spiro atoms. The molecule has 1 aliphatic heterocycles. The molecule has 23 heavy (non-hydrogen) atoms. The highest BCUT2D eigenvalue weighted by atomic mass is 32.2. The van der Waals surface area contributed by atoms with E-state index in [2.05, 4.69) is 25.1 Å². The lowest BCUT2D eigenvalue weighted by Gasteiger charge is -2.03. The lowest BCUT2D eigenvalue weighted by molar-refractivity contribution is 0.105. The zero-order valence-corrected chi connectivity index (χ0v) is 14.0. The molecule has 1 fully saturated rings. The first-order valence-electron chi connectivity index (χ1n) is 7.85. The molecule has 0 saturated carbocycles. The van der Waals surface area contributed by atoms with E-state index in [9.17, 15) is 0 Å². The third-order valence-corrected chi connectivity index (χ3v) is 6.44. The van der Waals surface area contributed by atoms with E-state index in [1.54, 1.807) is 17.7 Å². The van der Waals surface area contributed by atoms with Gasteiger partial charge in [-0.25, -0.2) is 15.0 Å². The molecule has 2 aliphatic rings. The SMILES string of the molecule is c1nc(Sc2n[nH]c(C3CCCO3)n2)c2c3c(sc2n1)CCC3. The maximum absolute atomic E-state index is 5.65. The predicted octanol–water partition coefficient (Wildman–Crippen LogP) is 3.30. The van der Waals surface area contributed by atoms with Crippen molar-refractivity contribution in [1.29, 1.82) is 0 Å². The van der Waals surface area contributed by atoms with Gasteiger partial charge in [-0.1, -0.05) is 0 Å². The second kappa shape index (κ2) is 5.54. The average Bonchev–Trinajstić information content (AvgIpc) is 3.31. The van der Waals surface area contributed by atoms with Gasteiger partial charge in [-0.2, -0.15) is 0 Å². The van der Waals surface area contributed by atoms with Gasteiger partial charge in [0, 0.05) is 16.9 Å². The number of aromatic amines is 1. The lowest BCUT2D eigenvalue weighted by Crippen LogP contribution is -1.97. The summed E-state index contributed by atoms with van der Waals surface area (Å²) in [6.07, 6.45) is 7.34. The van der Waals surface area contributed by atoms with E-state index in [0.29, 0.717) is 5.16 Å². The third kappa shape index (κ3) is 2.36. The fourth-order valence-corrected chi connectivity index (χ4v) is 5.43. The Hall–Kier alpha value is -1.51. The van der Waals surface area contributed by atoms with Crippen molar-refractivity contribution in [2.75, 3.05) is 6.61 Å². The van der Waals surface area contributed by atoms with Crippen molar-refractivity contribution < 1.29 is 4.74 Å². The molecule has 4 heterocycles. The molecule has 0 aromatic carbocycles. The molecule has 0 bridgehead atoms. The summed E-state index contributed by atoms with van der Waals surface area (Å²) in [4.78, 5) is 16.1. The van der Waals surface area contributed by atoms with Gasteiger partial charge < -0.3 is 4.74 Å². The molecule has 1 N–H and O–H groups in total. The first-order chi connectivity index (χ1) is 11.4. The number of hydrogen-bond acceptors (Lipinski definition) is 7. The summed E-state index contributed by atoms with van der Waals surface area (Å²) in [6.45, 7) is 0.807. The third-order valence-electron chi connectivity index (χ3n) is 4.37. The minimum absolute atomic E-state index is 0.0627. The van der Waals surface area contributed by atoms with Gasteiger partial charge in [0.15, 0.2) is 5.82 Å². The van der Waals surface area contributed by atoms with Crippen LogP contribution in [0.2, 0.25) is 0 Å². The second-order valence-electron chi connectivity index (χ2n) is 5.82. The molecule has 8 heteroatoms. The Morgan fingerprint density at radius 1 is 1.26 bits per heavy atom. The molecular weight excluding hydrogens is 330 g/mol. The fraction of sp³-hybridized carbons (Fsp3) is 0.467. The van der Waals surface area contributed by atoms with Crippen LogP contribution in [0.15, 0.2) is 16.5 Å². The molecule has 0 amide bonds. The summed E-state index contributed by atoms with van der Waals surface area (Å²) in [5, 5.41) is 10.2. The number of aromatic nitrogens is 5. The summed E-state index contributed by atoms with van der Waals surface area (Å²) in [5.41, 5.74) is 1.43. The van der Waals surface area contributed by atoms with Crippen molar-refractivity contribution >= 4 is 33.3 Å². The molecule has 6 nitrogen and oxygen atoms in total. The van der Waals surface area contributed by atoms with Crippen LogP contribution in [0.1, 0.15) is 41.6 Å². The number of aryl methyl sites for hydroxylation is 2. The predicted molar refractivity (Wildman–Crippen MR) is 87.9 cm³/mol. The average molecular weight is 345 g/mol. The first kappa shape index (κ1) is 13.9. The molecule has 1 atom stereocenters. The van der Waals surface area contributed by atoms with E-state index in [1.165, 1.54) is 40.4 Å². The molecule has 1 saturated heterocycles. The summed E-state index contributed by atoms with van der Waals surface area (Å²) in [5.74, 6) is 0.825. The van der Waals surface area contributed by atoms with Crippen molar-refractivity contribution in [3.63, 3.8) is 0 Å². The highest BCUT2D eigenvalue weighted by Gasteiger charge is 2.24. The van der Waals surface area contributed by atoms with Crippen LogP contribution in [0, 0.1) is 0 Å².